The van der Waals surface area contributed by atoms with Gasteiger partial charge in [-0.25, -0.2) is 9.97 Å². The second-order valence-corrected chi connectivity index (χ2v) is 7.74. The third kappa shape index (κ3) is 4.54. The number of imidazole rings is 1. The number of aromatic nitrogens is 3. The summed E-state index contributed by atoms with van der Waals surface area (Å²) in [7, 11) is 0. The fourth-order valence-electron chi connectivity index (χ4n) is 3.75. The summed E-state index contributed by atoms with van der Waals surface area (Å²) in [6.45, 7) is 6.26. The minimum Gasteiger partial charge on any atom is -0.382 e. The van der Waals surface area contributed by atoms with Crippen LogP contribution in [-0.4, -0.2) is 34.2 Å². The summed E-state index contributed by atoms with van der Waals surface area (Å²) < 4.78 is 9.00. The number of nitrogens with one attached hydrogen (secondary N) is 1. The SMILES string of the molecule is CCOCc1nc2c(N)nc3cc(Br)ccc3c2n1CC1CCNCC1.Cl.Cl. The van der Waals surface area contributed by atoms with Crippen molar-refractivity contribution in [2.24, 2.45) is 5.92 Å². The molecule has 1 saturated heterocycles. The Hall–Kier alpha value is -1.12. The molecule has 6 nitrogen and oxygen atoms in total. The van der Waals surface area contributed by atoms with Gasteiger partial charge in [0.2, 0.25) is 0 Å². The first-order valence-corrected chi connectivity index (χ1v) is 9.99. The molecule has 9 heteroatoms. The van der Waals surface area contributed by atoms with Crippen LogP contribution in [0.25, 0.3) is 21.9 Å². The number of hydrogen-bond donors (Lipinski definition) is 2. The Balaban J connectivity index is 0.00000140. The van der Waals surface area contributed by atoms with Crippen molar-refractivity contribution in [3.05, 3.63) is 28.5 Å². The molecule has 4 rings (SSSR count). The summed E-state index contributed by atoms with van der Waals surface area (Å²) >= 11 is 3.53. The maximum absolute atomic E-state index is 6.26. The minimum atomic E-state index is 0. The Kier molecular flexibility index (Phi) is 8.33. The van der Waals surface area contributed by atoms with E-state index < -0.39 is 0 Å². The first-order chi connectivity index (χ1) is 12.7. The van der Waals surface area contributed by atoms with Crippen molar-refractivity contribution in [1.29, 1.82) is 0 Å². The molecule has 0 amide bonds. The Morgan fingerprint density at radius 2 is 2.00 bits per heavy atom. The second-order valence-electron chi connectivity index (χ2n) is 6.82. The summed E-state index contributed by atoms with van der Waals surface area (Å²) in [6.07, 6.45) is 2.36. The highest BCUT2D eigenvalue weighted by Crippen LogP contribution is 2.32. The molecule has 3 N–H and O–H groups in total. The number of anilines is 1. The number of nitrogens with two attached hydrogens (primary N) is 1. The van der Waals surface area contributed by atoms with E-state index in [4.69, 9.17) is 15.5 Å². The lowest BCUT2D eigenvalue weighted by Gasteiger charge is -2.24. The van der Waals surface area contributed by atoms with Crippen LogP contribution in [0.15, 0.2) is 22.7 Å². The van der Waals surface area contributed by atoms with Gasteiger partial charge >= 0.3 is 0 Å². The van der Waals surface area contributed by atoms with Gasteiger partial charge in [-0.05, 0) is 57.0 Å². The number of piperidine rings is 1. The van der Waals surface area contributed by atoms with E-state index in [1.165, 1.54) is 12.8 Å². The van der Waals surface area contributed by atoms with Crippen molar-refractivity contribution in [3.63, 3.8) is 0 Å². The molecular formula is C19H26BrCl2N5O. The largest absolute Gasteiger partial charge is 0.382 e. The van der Waals surface area contributed by atoms with E-state index in [0.29, 0.717) is 24.9 Å². The molecule has 1 aliphatic heterocycles. The average Bonchev–Trinajstić information content (AvgIpc) is 3.00. The summed E-state index contributed by atoms with van der Waals surface area (Å²) in [6, 6.07) is 6.15. The molecule has 28 heavy (non-hydrogen) atoms. The zero-order valence-electron chi connectivity index (χ0n) is 15.8. The maximum atomic E-state index is 6.26. The van der Waals surface area contributed by atoms with Gasteiger partial charge in [-0.3, -0.25) is 0 Å². The van der Waals surface area contributed by atoms with E-state index in [0.717, 1.165) is 51.9 Å². The molecule has 3 aromatic rings. The van der Waals surface area contributed by atoms with Crippen molar-refractivity contribution >= 4 is 68.5 Å². The van der Waals surface area contributed by atoms with Gasteiger partial charge in [-0.1, -0.05) is 15.9 Å². The zero-order valence-corrected chi connectivity index (χ0v) is 19.0. The van der Waals surface area contributed by atoms with Crippen LogP contribution in [0.3, 0.4) is 0 Å². The molecule has 1 aliphatic rings. The fraction of sp³-hybridized carbons (Fsp3) is 0.474. The van der Waals surface area contributed by atoms with E-state index in [2.05, 4.69) is 36.9 Å². The molecule has 1 fully saturated rings. The number of nitrogens with zero attached hydrogens (tertiary/aromatic N) is 3. The van der Waals surface area contributed by atoms with Crippen LogP contribution < -0.4 is 11.1 Å². The smallest absolute Gasteiger partial charge is 0.152 e. The highest BCUT2D eigenvalue weighted by atomic mass is 79.9. The average molecular weight is 491 g/mol. The van der Waals surface area contributed by atoms with E-state index in [1.54, 1.807) is 0 Å². The monoisotopic (exact) mass is 489 g/mol. The zero-order chi connectivity index (χ0) is 18.1. The molecule has 2 aromatic heterocycles. The number of pyridine rings is 1. The Morgan fingerprint density at radius 1 is 1.25 bits per heavy atom. The Morgan fingerprint density at radius 3 is 2.71 bits per heavy atom. The molecule has 0 radical (unpaired) electrons. The van der Waals surface area contributed by atoms with Gasteiger partial charge < -0.3 is 20.4 Å². The topological polar surface area (TPSA) is 78.0 Å². The van der Waals surface area contributed by atoms with Crippen molar-refractivity contribution in [2.75, 3.05) is 25.4 Å². The number of nitrogen functional groups attached to an aromatic ring is 1. The number of hydrogen-bond acceptors (Lipinski definition) is 5. The van der Waals surface area contributed by atoms with Crippen LogP contribution in [0.2, 0.25) is 0 Å². The molecule has 0 unspecified atom stereocenters. The van der Waals surface area contributed by atoms with Crippen LogP contribution in [0.5, 0.6) is 0 Å². The molecule has 154 valence electrons. The number of fused-ring (bicyclic) bond motifs is 3. The first kappa shape index (κ1) is 23.2. The normalized spacial score (nSPS) is 14.8. The van der Waals surface area contributed by atoms with Crippen LogP contribution in [0.4, 0.5) is 5.82 Å². The van der Waals surface area contributed by atoms with E-state index in [9.17, 15) is 0 Å². The molecular weight excluding hydrogens is 465 g/mol. The number of ether oxygens (including phenoxy) is 1. The molecule has 0 atom stereocenters. The Bertz CT molecular complexity index is 943. The van der Waals surface area contributed by atoms with Gasteiger partial charge in [0.05, 0.1) is 11.0 Å². The summed E-state index contributed by atoms with van der Waals surface area (Å²) in [5.41, 5.74) is 9.01. The quantitative estimate of drug-likeness (QED) is 0.557. The van der Waals surface area contributed by atoms with Gasteiger partial charge in [0.15, 0.2) is 5.82 Å². The molecule has 0 bridgehead atoms. The summed E-state index contributed by atoms with van der Waals surface area (Å²) in [5, 5.41) is 4.53. The summed E-state index contributed by atoms with van der Waals surface area (Å²) in [5.74, 6) is 2.05. The minimum absolute atomic E-state index is 0. The number of halogens is 3. The standard InChI is InChI=1S/C19H24BrN5O.2ClH/c1-2-26-11-16-24-17-18(25(16)10-12-5-7-22-8-6-12)14-4-3-13(20)9-15(14)23-19(17)21;;/h3-4,9,12,22H,2,5-8,10-11H2,1H3,(H2,21,23);2*1H. The molecule has 3 heterocycles. The van der Waals surface area contributed by atoms with Gasteiger partial charge in [-0.15, -0.1) is 24.8 Å². The van der Waals surface area contributed by atoms with E-state index >= 15 is 0 Å². The van der Waals surface area contributed by atoms with Crippen molar-refractivity contribution < 1.29 is 4.74 Å². The van der Waals surface area contributed by atoms with Crippen LogP contribution >= 0.6 is 40.7 Å². The molecule has 0 aliphatic carbocycles. The van der Waals surface area contributed by atoms with Crippen molar-refractivity contribution in [2.45, 2.75) is 32.9 Å². The predicted octanol–water partition coefficient (Wildman–Crippen LogP) is 4.31. The fourth-order valence-corrected chi connectivity index (χ4v) is 4.10. The van der Waals surface area contributed by atoms with Crippen LogP contribution in [0.1, 0.15) is 25.6 Å². The third-order valence-electron chi connectivity index (χ3n) is 5.08. The number of benzene rings is 1. The molecule has 0 saturated carbocycles. The van der Waals surface area contributed by atoms with Gasteiger partial charge in [0.25, 0.3) is 0 Å². The second kappa shape index (κ2) is 10.1. The van der Waals surface area contributed by atoms with Gasteiger partial charge in [-0.2, -0.15) is 0 Å². The third-order valence-corrected chi connectivity index (χ3v) is 5.57. The van der Waals surface area contributed by atoms with Gasteiger partial charge in [0.1, 0.15) is 17.9 Å². The molecule has 1 aromatic carbocycles. The predicted molar refractivity (Wildman–Crippen MR) is 123 cm³/mol. The summed E-state index contributed by atoms with van der Waals surface area (Å²) in [4.78, 5) is 9.38. The maximum Gasteiger partial charge on any atom is 0.152 e. The Labute approximate surface area is 185 Å². The van der Waals surface area contributed by atoms with E-state index in [-0.39, 0.29) is 24.8 Å². The highest BCUT2D eigenvalue weighted by molar-refractivity contribution is 9.10. The van der Waals surface area contributed by atoms with Crippen molar-refractivity contribution in [3.8, 4) is 0 Å². The first-order valence-electron chi connectivity index (χ1n) is 9.19. The van der Waals surface area contributed by atoms with Crippen molar-refractivity contribution in [1.82, 2.24) is 19.9 Å². The number of rotatable bonds is 5. The van der Waals surface area contributed by atoms with Gasteiger partial charge in [0, 0.05) is 23.0 Å². The lowest BCUT2D eigenvalue weighted by Crippen LogP contribution is -2.30. The van der Waals surface area contributed by atoms with Crippen LogP contribution in [-0.2, 0) is 17.9 Å². The van der Waals surface area contributed by atoms with E-state index in [1.807, 2.05) is 19.1 Å². The lowest BCUT2D eigenvalue weighted by molar-refractivity contribution is 0.125. The van der Waals surface area contributed by atoms with Crippen LogP contribution in [0, 0.1) is 5.92 Å². The highest BCUT2D eigenvalue weighted by Gasteiger charge is 2.21. The lowest BCUT2D eigenvalue weighted by atomic mass is 9.98. The molecule has 0 spiro atoms.